The number of nitrogens with zero attached hydrogens (tertiary/aromatic N) is 1. The Morgan fingerprint density at radius 2 is 0.744 bits per heavy atom. The highest BCUT2D eigenvalue weighted by Crippen LogP contribution is 2.27. The number of nitrogens with one attached hydrogen (secondary N) is 1. The molecule has 2 unspecified atom stereocenters. The quantitative estimate of drug-likeness (QED) is 0.0599. The molecule has 2 atom stereocenters. The van der Waals surface area contributed by atoms with E-state index in [0.717, 1.165) is 0 Å². The molecule has 254 valence electrons. The average Bonchev–Trinajstić information content (AvgIpc) is 3.51. The largest absolute Gasteiger partial charge is 0.257 e. The molecule has 1 rings (SSSR count). The van der Waals surface area contributed by atoms with Gasteiger partial charge >= 0.3 is 0 Å². The second kappa shape index (κ2) is 31.2. The summed E-state index contributed by atoms with van der Waals surface area (Å²) in [6.45, 7) is 9.41. The number of imidazole rings is 1. The summed E-state index contributed by atoms with van der Waals surface area (Å²) in [5.74, 6) is 2.25. The van der Waals surface area contributed by atoms with Crippen LogP contribution >= 0.6 is 0 Å². The Balaban J connectivity index is 2.35. The first-order valence-electron chi connectivity index (χ1n) is 20.3. The standard InChI is InChI=1S/C41H80N2/c1-5-8-11-14-17-19-20-21-22-23-24-25-27-30-33-36-40(35-32-29-26-18-15-12-9-6-2)41-42-37-38-43(41)39(4)34-31-28-16-13-10-7-3/h37-40H,5-36H2,1-4H3/p+1. The number of aromatic amines is 1. The maximum absolute atomic E-state index is 3.75. The van der Waals surface area contributed by atoms with Gasteiger partial charge in [-0.3, -0.25) is 0 Å². The van der Waals surface area contributed by atoms with Gasteiger partial charge in [-0.25, -0.2) is 9.55 Å². The molecule has 0 aliphatic rings. The van der Waals surface area contributed by atoms with Gasteiger partial charge in [0.2, 0.25) is 0 Å². The summed E-state index contributed by atoms with van der Waals surface area (Å²) in [5.41, 5.74) is 0. The summed E-state index contributed by atoms with van der Waals surface area (Å²) in [6, 6.07) is 0.620. The van der Waals surface area contributed by atoms with E-state index in [1.807, 2.05) is 0 Å². The van der Waals surface area contributed by atoms with E-state index in [1.165, 1.54) is 211 Å². The third-order valence-electron chi connectivity index (χ3n) is 10.1. The second-order valence-electron chi connectivity index (χ2n) is 14.4. The van der Waals surface area contributed by atoms with Crippen LogP contribution in [0.2, 0.25) is 0 Å². The lowest BCUT2D eigenvalue weighted by Gasteiger charge is -2.17. The fourth-order valence-electron chi connectivity index (χ4n) is 7.13. The zero-order chi connectivity index (χ0) is 31.1. The third kappa shape index (κ3) is 23.2. The SMILES string of the molecule is CCCCCCCCCCCCCCCCCC(CCCCCCCCCC)c1[nH]cc[n+]1C(C)CCCCCCCC. The monoisotopic (exact) mass is 602 g/mol. The van der Waals surface area contributed by atoms with E-state index in [1.54, 1.807) is 0 Å². The topological polar surface area (TPSA) is 19.7 Å². The van der Waals surface area contributed by atoms with Gasteiger partial charge in [0.25, 0.3) is 5.82 Å². The molecule has 1 heterocycles. The molecule has 2 heteroatoms. The van der Waals surface area contributed by atoms with E-state index in [2.05, 4.69) is 49.6 Å². The van der Waals surface area contributed by atoms with Crippen molar-refractivity contribution in [3.05, 3.63) is 18.2 Å². The van der Waals surface area contributed by atoms with Crippen LogP contribution < -0.4 is 4.57 Å². The Kier molecular flexibility index (Phi) is 29.2. The Hall–Kier alpha value is -0.790. The van der Waals surface area contributed by atoms with Crippen LogP contribution in [0.15, 0.2) is 12.4 Å². The Labute approximate surface area is 272 Å². The molecule has 0 saturated heterocycles. The molecule has 1 N–H and O–H groups in total. The van der Waals surface area contributed by atoms with Gasteiger partial charge in [-0.15, -0.1) is 0 Å². The van der Waals surface area contributed by atoms with Crippen molar-refractivity contribution >= 4 is 0 Å². The van der Waals surface area contributed by atoms with Crippen molar-refractivity contribution in [2.75, 3.05) is 0 Å². The molecule has 0 bridgehead atoms. The number of hydrogen-bond donors (Lipinski definition) is 1. The molecule has 0 aromatic carbocycles. The highest BCUT2D eigenvalue weighted by atomic mass is 15.1. The number of aromatic nitrogens is 2. The second-order valence-corrected chi connectivity index (χ2v) is 14.4. The molecule has 0 saturated carbocycles. The van der Waals surface area contributed by atoms with Crippen molar-refractivity contribution in [1.29, 1.82) is 0 Å². The van der Waals surface area contributed by atoms with Crippen LogP contribution in [0.5, 0.6) is 0 Å². The molecule has 0 amide bonds. The molecule has 0 radical (unpaired) electrons. The van der Waals surface area contributed by atoms with Crippen molar-refractivity contribution in [1.82, 2.24) is 4.98 Å². The lowest BCUT2D eigenvalue weighted by molar-refractivity contribution is -0.727. The van der Waals surface area contributed by atoms with Crippen LogP contribution in [0.1, 0.15) is 251 Å². The van der Waals surface area contributed by atoms with Crippen molar-refractivity contribution in [2.45, 2.75) is 245 Å². The highest BCUT2D eigenvalue weighted by molar-refractivity contribution is 4.90. The Bertz CT molecular complexity index is 664. The van der Waals surface area contributed by atoms with E-state index >= 15 is 0 Å². The average molecular weight is 602 g/mol. The fourth-order valence-corrected chi connectivity index (χ4v) is 7.13. The Morgan fingerprint density at radius 1 is 0.442 bits per heavy atom. The van der Waals surface area contributed by atoms with Crippen LogP contribution in [0.4, 0.5) is 0 Å². The zero-order valence-electron chi connectivity index (χ0n) is 30.4. The zero-order valence-corrected chi connectivity index (χ0v) is 30.4. The first-order chi connectivity index (χ1) is 21.2. The number of unbranched alkanes of at least 4 members (excludes halogenated alkanes) is 26. The van der Waals surface area contributed by atoms with Gasteiger partial charge in [0.05, 0.1) is 12.0 Å². The van der Waals surface area contributed by atoms with Gasteiger partial charge in [0.1, 0.15) is 12.4 Å². The first kappa shape index (κ1) is 40.2. The van der Waals surface area contributed by atoms with Crippen LogP contribution in [0.25, 0.3) is 0 Å². The summed E-state index contributed by atoms with van der Waals surface area (Å²) in [4.78, 5) is 3.75. The van der Waals surface area contributed by atoms with Crippen LogP contribution in [-0.4, -0.2) is 4.98 Å². The predicted molar refractivity (Wildman–Crippen MR) is 193 cm³/mol. The number of rotatable bonds is 34. The molecular weight excluding hydrogens is 520 g/mol. The molecule has 0 aliphatic carbocycles. The van der Waals surface area contributed by atoms with Crippen molar-refractivity contribution in [2.24, 2.45) is 0 Å². The van der Waals surface area contributed by atoms with Crippen molar-refractivity contribution in [3.63, 3.8) is 0 Å². The van der Waals surface area contributed by atoms with Crippen LogP contribution in [0.3, 0.4) is 0 Å². The van der Waals surface area contributed by atoms with E-state index in [0.29, 0.717) is 12.0 Å². The highest BCUT2D eigenvalue weighted by Gasteiger charge is 2.25. The summed E-state index contributed by atoms with van der Waals surface area (Å²) in [6.07, 6.45) is 50.2. The minimum atomic E-state index is 0.620. The van der Waals surface area contributed by atoms with E-state index in [9.17, 15) is 0 Å². The normalized spacial score (nSPS) is 13.1. The van der Waals surface area contributed by atoms with Gasteiger partial charge in [-0.05, 0) is 32.6 Å². The maximum Gasteiger partial charge on any atom is 0.257 e. The van der Waals surface area contributed by atoms with E-state index < -0.39 is 0 Å². The summed E-state index contributed by atoms with van der Waals surface area (Å²) in [5, 5.41) is 0. The number of H-pyrrole nitrogens is 1. The first-order valence-corrected chi connectivity index (χ1v) is 20.3. The van der Waals surface area contributed by atoms with E-state index in [4.69, 9.17) is 0 Å². The van der Waals surface area contributed by atoms with Gasteiger partial charge in [0, 0.05) is 0 Å². The van der Waals surface area contributed by atoms with Gasteiger partial charge < -0.3 is 0 Å². The van der Waals surface area contributed by atoms with Gasteiger partial charge in [-0.2, -0.15) is 0 Å². The molecule has 1 aromatic rings. The van der Waals surface area contributed by atoms with Crippen LogP contribution in [-0.2, 0) is 0 Å². The molecule has 0 fully saturated rings. The molecule has 0 spiro atoms. The summed E-state index contributed by atoms with van der Waals surface area (Å²) >= 11 is 0. The van der Waals surface area contributed by atoms with Crippen molar-refractivity contribution in [3.8, 4) is 0 Å². The summed E-state index contributed by atoms with van der Waals surface area (Å²) in [7, 11) is 0. The third-order valence-corrected chi connectivity index (χ3v) is 10.1. The minimum Gasteiger partial charge on any atom is -0.247 e. The number of hydrogen-bond acceptors (Lipinski definition) is 0. The van der Waals surface area contributed by atoms with Gasteiger partial charge in [0.15, 0.2) is 0 Å². The fraction of sp³-hybridized carbons (Fsp3) is 0.927. The Morgan fingerprint density at radius 3 is 1.09 bits per heavy atom. The lowest BCUT2D eigenvalue weighted by atomic mass is 9.92. The predicted octanol–water partition coefficient (Wildman–Crippen LogP) is 14.5. The van der Waals surface area contributed by atoms with Crippen molar-refractivity contribution < 1.29 is 4.57 Å². The molecule has 2 nitrogen and oxygen atoms in total. The van der Waals surface area contributed by atoms with Gasteiger partial charge in [-0.1, -0.05) is 201 Å². The molecule has 0 aliphatic heterocycles. The van der Waals surface area contributed by atoms with E-state index in [-0.39, 0.29) is 0 Å². The molecule has 43 heavy (non-hydrogen) atoms. The molecular formula is C41H81N2+. The van der Waals surface area contributed by atoms with Crippen LogP contribution in [0, 0.1) is 0 Å². The minimum absolute atomic E-state index is 0.620. The summed E-state index contributed by atoms with van der Waals surface area (Å²) < 4.78 is 2.63. The lowest BCUT2D eigenvalue weighted by Crippen LogP contribution is -2.41. The smallest absolute Gasteiger partial charge is 0.247 e. The maximum atomic E-state index is 3.75. The molecule has 1 aromatic heterocycles.